The third-order valence-corrected chi connectivity index (χ3v) is 9.96. The van der Waals surface area contributed by atoms with Gasteiger partial charge in [0.1, 0.15) is 12.7 Å². The number of phosphoric ester groups is 1. The third-order valence-electron chi connectivity index (χ3n) is 9.01. The third kappa shape index (κ3) is 39.7. The van der Waals surface area contributed by atoms with Crippen LogP contribution in [0.15, 0.2) is 72.9 Å². The smallest absolute Gasteiger partial charge is 0.472 e. The number of hydrogen-bond donors (Lipinski definition) is 4. The molecule has 12 heteroatoms. The van der Waals surface area contributed by atoms with Crippen LogP contribution in [0.1, 0.15) is 168 Å². The number of ether oxygens (including phenoxy) is 1. The lowest BCUT2D eigenvalue weighted by molar-refractivity contribution is -0.147. The highest BCUT2D eigenvalue weighted by atomic mass is 31.2. The molecule has 3 atom stereocenters. The monoisotopic (exact) mass is 836 g/mol. The SMILES string of the molecule is CC/C=C\C/C=C\C/C=C\C/C=C\C/C=C\C/C=C\CCCCCCC(=O)OCC(O)COP(=O)(O)OCC(NC(=O)CCCCCCCCCCCCC)C(=O)O. The molecule has 0 bridgehead atoms. The van der Waals surface area contributed by atoms with Gasteiger partial charge in [0.15, 0.2) is 6.04 Å². The number of carboxylic acid groups (broad SMARTS) is 1. The van der Waals surface area contributed by atoms with E-state index in [2.05, 4.69) is 92.1 Å². The number of amides is 1. The highest BCUT2D eigenvalue weighted by Gasteiger charge is 2.28. The maximum Gasteiger partial charge on any atom is 0.472 e. The van der Waals surface area contributed by atoms with Crippen LogP contribution in [-0.4, -0.2) is 64.9 Å². The van der Waals surface area contributed by atoms with Gasteiger partial charge in [0.05, 0.1) is 13.2 Å². The number of unbranched alkanes of at least 4 members (excludes halogenated alkanes) is 14. The number of aliphatic carboxylic acids is 1. The second-order valence-electron chi connectivity index (χ2n) is 14.5. The highest BCUT2D eigenvalue weighted by molar-refractivity contribution is 7.47. The van der Waals surface area contributed by atoms with E-state index in [9.17, 15) is 34.1 Å². The van der Waals surface area contributed by atoms with E-state index in [1.165, 1.54) is 44.9 Å². The van der Waals surface area contributed by atoms with Gasteiger partial charge in [0.2, 0.25) is 5.91 Å². The number of carboxylic acids is 1. The number of aliphatic hydroxyl groups excluding tert-OH is 1. The maximum atomic E-state index is 12.2. The van der Waals surface area contributed by atoms with Gasteiger partial charge in [-0.05, 0) is 64.2 Å². The number of rotatable bonds is 40. The van der Waals surface area contributed by atoms with Gasteiger partial charge in [-0.3, -0.25) is 18.6 Å². The lowest BCUT2D eigenvalue weighted by atomic mass is 10.1. The molecule has 0 saturated heterocycles. The standard InChI is InChI=1S/C46H78NO10P/c1-3-5-7-9-11-13-15-16-17-18-19-20-21-22-23-24-25-26-28-30-32-34-36-38-45(50)55-39-42(48)40-56-58(53,54)57-41-43(46(51)52)47-44(49)37-35-33-31-29-27-14-12-10-8-6-4-2/h5,7,11,13,16-17,19-20,22-23,25-26,42-43,48H,3-4,6,8-10,12,14-15,18,21,24,27-41H2,1-2H3,(H,47,49)(H,51,52)(H,53,54)/b7-5-,13-11-,17-16-,20-19-,23-22-,26-25-. The first-order valence-corrected chi connectivity index (χ1v) is 23.5. The summed E-state index contributed by atoms with van der Waals surface area (Å²) in [5.74, 6) is -2.41. The summed E-state index contributed by atoms with van der Waals surface area (Å²) in [5.41, 5.74) is 0. The molecule has 0 heterocycles. The molecule has 0 aliphatic carbocycles. The molecule has 3 unspecified atom stereocenters. The molecule has 0 radical (unpaired) electrons. The van der Waals surface area contributed by atoms with Crippen molar-refractivity contribution in [1.82, 2.24) is 5.32 Å². The van der Waals surface area contributed by atoms with Crippen LogP contribution >= 0.6 is 7.82 Å². The van der Waals surface area contributed by atoms with Gasteiger partial charge in [-0.2, -0.15) is 0 Å². The molecule has 0 aromatic rings. The van der Waals surface area contributed by atoms with Crippen LogP contribution in [0.2, 0.25) is 0 Å². The molecule has 0 aliphatic heterocycles. The molecule has 0 fully saturated rings. The number of hydrogen-bond acceptors (Lipinski definition) is 8. The zero-order valence-electron chi connectivity index (χ0n) is 35.8. The van der Waals surface area contributed by atoms with Gasteiger partial charge in [-0.15, -0.1) is 0 Å². The average Bonchev–Trinajstić information content (AvgIpc) is 3.20. The summed E-state index contributed by atoms with van der Waals surface area (Å²) in [4.78, 5) is 45.8. The molecule has 0 rings (SSSR count). The van der Waals surface area contributed by atoms with Crippen molar-refractivity contribution in [1.29, 1.82) is 0 Å². The van der Waals surface area contributed by atoms with Gasteiger partial charge in [0, 0.05) is 12.8 Å². The number of carbonyl (C=O) groups is 3. The van der Waals surface area contributed by atoms with Crippen LogP contribution in [0.4, 0.5) is 0 Å². The number of aliphatic hydroxyl groups is 1. The fraction of sp³-hybridized carbons (Fsp3) is 0.674. The van der Waals surface area contributed by atoms with Crippen molar-refractivity contribution in [3.63, 3.8) is 0 Å². The summed E-state index contributed by atoms with van der Waals surface area (Å²) in [5, 5.41) is 21.8. The Bertz CT molecular complexity index is 1260. The van der Waals surface area contributed by atoms with Crippen LogP contribution in [0.25, 0.3) is 0 Å². The van der Waals surface area contributed by atoms with Crippen LogP contribution in [-0.2, 0) is 32.7 Å². The summed E-state index contributed by atoms with van der Waals surface area (Å²) in [7, 11) is -4.76. The first-order chi connectivity index (χ1) is 28.1. The zero-order valence-corrected chi connectivity index (χ0v) is 36.7. The van der Waals surface area contributed by atoms with E-state index in [1.54, 1.807) is 0 Å². The number of allylic oxidation sites excluding steroid dienone is 12. The molecule has 0 aliphatic rings. The number of phosphoric acid groups is 1. The van der Waals surface area contributed by atoms with Gasteiger partial charge in [-0.1, -0.05) is 164 Å². The van der Waals surface area contributed by atoms with Crippen molar-refractivity contribution >= 4 is 25.7 Å². The molecule has 1 amide bonds. The molecule has 11 nitrogen and oxygen atoms in total. The van der Waals surface area contributed by atoms with Crippen LogP contribution in [0, 0.1) is 0 Å². The van der Waals surface area contributed by atoms with Crippen molar-refractivity contribution in [2.45, 2.75) is 180 Å². The topological polar surface area (TPSA) is 169 Å². The van der Waals surface area contributed by atoms with Crippen molar-refractivity contribution in [2.75, 3.05) is 19.8 Å². The Morgan fingerprint density at radius 2 is 1.00 bits per heavy atom. The normalized spacial score (nSPS) is 14.4. The largest absolute Gasteiger partial charge is 0.480 e. The summed E-state index contributed by atoms with van der Waals surface area (Å²) in [6.07, 6.45) is 47.9. The summed E-state index contributed by atoms with van der Waals surface area (Å²) >= 11 is 0. The average molecular weight is 836 g/mol. The lowest BCUT2D eigenvalue weighted by Crippen LogP contribution is -2.43. The van der Waals surface area contributed by atoms with E-state index in [0.29, 0.717) is 12.8 Å². The predicted molar refractivity (Wildman–Crippen MR) is 235 cm³/mol. The molecule has 0 spiro atoms. The summed E-state index contributed by atoms with van der Waals surface area (Å²) < 4.78 is 26.8. The van der Waals surface area contributed by atoms with E-state index in [1.807, 2.05) is 0 Å². The fourth-order valence-electron chi connectivity index (χ4n) is 5.61. The van der Waals surface area contributed by atoms with E-state index in [0.717, 1.165) is 83.5 Å². The van der Waals surface area contributed by atoms with E-state index < -0.39 is 57.6 Å². The predicted octanol–water partition coefficient (Wildman–Crippen LogP) is 11.3. The minimum atomic E-state index is -4.76. The van der Waals surface area contributed by atoms with Crippen LogP contribution in [0.3, 0.4) is 0 Å². The summed E-state index contributed by atoms with van der Waals surface area (Å²) in [6, 6.07) is -1.55. The number of carbonyl (C=O) groups excluding carboxylic acids is 2. The molecule has 58 heavy (non-hydrogen) atoms. The summed E-state index contributed by atoms with van der Waals surface area (Å²) in [6.45, 7) is 2.42. The zero-order chi connectivity index (χ0) is 42.8. The minimum absolute atomic E-state index is 0.143. The van der Waals surface area contributed by atoms with Crippen LogP contribution < -0.4 is 5.32 Å². The Morgan fingerprint density at radius 1 is 0.569 bits per heavy atom. The molecule has 4 N–H and O–H groups in total. The van der Waals surface area contributed by atoms with Gasteiger partial charge in [-0.25, -0.2) is 9.36 Å². The van der Waals surface area contributed by atoms with Crippen molar-refractivity contribution < 1.29 is 47.8 Å². The van der Waals surface area contributed by atoms with Crippen molar-refractivity contribution in [3.8, 4) is 0 Å². The second-order valence-corrected chi connectivity index (χ2v) is 16.0. The Labute approximate surface area is 350 Å². The Balaban J connectivity index is 3.93. The Hall–Kier alpha value is -3.08. The first kappa shape index (κ1) is 54.9. The second kappa shape index (κ2) is 40.7. The van der Waals surface area contributed by atoms with Gasteiger partial charge >= 0.3 is 19.8 Å². The van der Waals surface area contributed by atoms with E-state index >= 15 is 0 Å². The molecule has 0 saturated carbocycles. The van der Waals surface area contributed by atoms with Crippen molar-refractivity contribution in [3.05, 3.63) is 72.9 Å². The first-order valence-electron chi connectivity index (χ1n) is 22.0. The Morgan fingerprint density at radius 3 is 1.50 bits per heavy atom. The number of esters is 1. The lowest BCUT2D eigenvalue weighted by Gasteiger charge is -2.18. The van der Waals surface area contributed by atoms with Gasteiger partial charge < -0.3 is 25.2 Å². The molecular weight excluding hydrogens is 757 g/mol. The van der Waals surface area contributed by atoms with Crippen LogP contribution in [0.5, 0.6) is 0 Å². The molecule has 332 valence electrons. The van der Waals surface area contributed by atoms with Gasteiger partial charge in [0.25, 0.3) is 0 Å². The van der Waals surface area contributed by atoms with E-state index in [-0.39, 0.29) is 12.8 Å². The minimum Gasteiger partial charge on any atom is -0.480 e. The fourth-order valence-corrected chi connectivity index (χ4v) is 6.38. The maximum absolute atomic E-state index is 12.2. The quantitative estimate of drug-likeness (QED) is 0.0202. The van der Waals surface area contributed by atoms with E-state index in [4.69, 9.17) is 13.8 Å². The highest BCUT2D eigenvalue weighted by Crippen LogP contribution is 2.43. The molecule has 0 aromatic carbocycles. The molecule has 0 aromatic heterocycles. The Kier molecular flexibility index (Phi) is 38.5. The number of nitrogens with one attached hydrogen (secondary N) is 1. The van der Waals surface area contributed by atoms with Crippen molar-refractivity contribution in [2.24, 2.45) is 0 Å². The molecular formula is C46H78NO10P.